The van der Waals surface area contributed by atoms with Crippen molar-refractivity contribution in [1.29, 1.82) is 0 Å². The number of hydrogen-bond donors (Lipinski definition) is 1. The molecule has 0 bridgehead atoms. The molecule has 4 amide bonds. The van der Waals surface area contributed by atoms with Gasteiger partial charge in [0.15, 0.2) is 0 Å². The van der Waals surface area contributed by atoms with Crippen LogP contribution in [0, 0.1) is 0 Å². The molecule has 0 spiro atoms. The lowest BCUT2D eigenvalue weighted by molar-refractivity contribution is 0.0459. The van der Waals surface area contributed by atoms with Crippen LogP contribution in [0.3, 0.4) is 0 Å². The summed E-state index contributed by atoms with van der Waals surface area (Å²) in [5, 5.41) is 6.93. The minimum atomic E-state index is -0.665. The second-order valence-electron chi connectivity index (χ2n) is 10.2. The van der Waals surface area contributed by atoms with Gasteiger partial charge in [0.05, 0.1) is 11.1 Å². The van der Waals surface area contributed by atoms with Crippen molar-refractivity contribution in [2.24, 2.45) is 5.84 Å². The summed E-state index contributed by atoms with van der Waals surface area (Å²) in [6.07, 6.45) is 0. The second-order valence-corrected chi connectivity index (χ2v) is 10.2. The average Bonchev–Trinajstić information content (AvgIpc) is 2.82. The third-order valence-electron chi connectivity index (χ3n) is 7.34. The molecule has 0 saturated heterocycles. The van der Waals surface area contributed by atoms with Crippen LogP contribution in [-0.4, -0.2) is 39.1 Å². The van der Waals surface area contributed by atoms with Crippen molar-refractivity contribution >= 4 is 66.7 Å². The molecule has 170 valence electrons. The molecule has 0 radical (unpaired) electrons. The maximum atomic E-state index is 13.5. The molecule has 0 fully saturated rings. The average molecular weight is 461 g/mol. The van der Waals surface area contributed by atoms with Crippen LogP contribution in [0.5, 0.6) is 0 Å². The highest BCUT2D eigenvalue weighted by molar-refractivity contribution is 6.41. The van der Waals surface area contributed by atoms with Crippen LogP contribution in [0.15, 0.2) is 48.5 Å². The van der Waals surface area contributed by atoms with Gasteiger partial charge in [0.25, 0.3) is 23.6 Å². The van der Waals surface area contributed by atoms with E-state index in [0.717, 1.165) is 32.3 Å². The van der Waals surface area contributed by atoms with Gasteiger partial charge in [0.2, 0.25) is 0 Å². The van der Waals surface area contributed by atoms with E-state index in [2.05, 4.69) is 0 Å². The molecule has 2 N–H and O–H groups in total. The molecule has 0 atom stereocenters. The van der Waals surface area contributed by atoms with Gasteiger partial charge in [0, 0.05) is 27.4 Å². The van der Waals surface area contributed by atoms with Crippen LogP contribution in [0.25, 0.3) is 43.1 Å². The predicted octanol–water partition coefficient (Wildman–Crippen LogP) is 4.60. The summed E-state index contributed by atoms with van der Waals surface area (Å²) in [5.41, 5.74) is 1.08. The van der Waals surface area contributed by atoms with E-state index >= 15 is 0 Å². The minimum Gasteiger partial charge on any atom is -0.269 e. The van der Waals surface area contributed by atoms with Crippen molar-refractivity contribution in [2.45, 2.75) is 26.3 Å². The fraction of sp³-hybridized carbons (Fsp3) is 0.143. The van der Waals surface area contributed by atoms with Crippen molar-refractivity contribution < 1.29 is 19.2 Å². The Labute approximate surface area is 199 Å². The van der Waals surface area contributed by atoms with Crippen molar-refractivity contribution in [1.82, 2.24) is 9.91 Å². The first-order valence-electron chi connectivity index (χ1n) is 11.3. The molecule has 2 heterocycles. The van der Waals surface area contributed by atoms with E-state index in [1.54, 1.807) is 24.3 Å². The summed E-state index contributed by atoms with van der Waals surface area (Å²) >= 11 is 0. The number of hydrogen-bond acceptors (Lipinski definition) is 5. The summed E-state index contributed by atoms with van der Waals surface area (Å²) in [6.45, 7) is 5.54. The highest BCUT2D eigenvalue weighted by Gasteiger charge is 2.40. The minimum absolute atomic E-state index is 0.311. The molecule has 5 aromatic rings. The van der Waals surface area contributed by atoms with E-state index in [1.807, 2.05) is 45.0 Å². The van der Waals surface area contributed by atoms with Crippen molar-refractivity contribution in [2.75, 3.05) is 0 Å². The van der Waals surface area contributed by atoms with Gasteiger partial charge in [-0.1, -0.05) is 24.3 Å². The zero-order chi connectivity index (χ0) is 24.5. The summed E-state index contributed by atoms with van der Waals surface area (Å²) in [7, 11) is 0. The number of nitrogens with zero attached hydrogens (tertiary/aromatic N) is 2. The topological polar surface area (TPSA) is 101 Å². The molecule has 0 unspecified atom stereocenters. The van der Waals surface area contributed by atoms with Gasteiger partial charge >= 0.3 is 0 Å². The number of rotatable bonds is 0. The zero-order valence-electron chi connectivity index (χ0n) is 19.2. The largest absolute Gasteiger partial charge is 0.275 e. The molecule has 7 heteroatoms. The molecule has 7 nitrogen and oxygen atoms in total. The van der Waals surface area contributed by atoms with Gasteiger partial charge in [-0.05, 0) is 77.4 Å². The zero-order valence-corrected chi connectivity index (χ0v) is 19.2. The summed E-state index contributed by atoms with van der Waals surface area (Å²) in [5.74, 6) is 4.06. The number of carbonyl (C=O) groups excluding carboxylic acids is 4. The first kappa shape index (κ1) is 20.1. The van der Waals surface area contributed by atoms with Gasteiger partial charge in [-0.3, -0.25) is 24.1 Å². The number of benzene rings is 5. The molecular weight excluding hydrogens is 442 g/mol. The van der Waals surface area contributed by atoms with Crippen LogP contribution < -0.4 is 5.84 Å². The Bertz CT molecular complexity index is 1760. The van der Waals surface area contributed by atoms with Crippen LogP contribution in [0.1, 0.15) is 62.2 Å². The molecule has 2 aliphatic rings. The normalized spacial score (nSPS) is 16.1. The SMILES string of the molecule is CC(C)(C)N1C(=O)c2ccc3c4ccc5c6c(ccc(c7ccc(c2c37)C1=O)c64)C(=O)N(N)C5=O. The summed E-state index contributed by atoms with van der Waals surface area (Å²) in [4.78, 5) is 53.9. The van der Waals surface area contributed by atoms with Crippen LogP contribution in [0.4, 0.5) is 0 Å². The Morgan fingerprint density at radius 3 is 1.14 bits per heavy atom. The standard InChI is InChI=1S/C28H19N3O4/c1-28(2,3)30-24(32)16-8-4-12-14-6-10-18-23-19(27(35)31(29)26(18)34)11-7-15(21(14)23)13-5-9-17(25(30)33)22(16)20(12)13/h4-11H,29H2,1-3H3. The highest BCUT2D eigenvalue weighted by atomic mass is 16.2. The third-order valence-corrected chi connectivity index (χ3v) is 7.34. The lowest BCUT2D eigenvalue weighted by Gasteiger charge is -2.37. The second kappa shape index (κ2) is 6.00. The number of hydrazine groups is 1. The maximum Gasteiger partial charge on any atom is 0.275 e. The van der Waals surface area contributed by atoms with E-state index < -0.39 is 17.4 Å². The van der Waals surface area contributed by atoms with Crippen LogP contribution in [0.2, 0.25) is 0 Å². The Balaban J connectivity index is 1.69. The Morgan fingerprint density at radius 1 is 0.514 bits per heavy atom. The summed E-state index contributed by atoms with van der Waals surface area (Å²) in [6, 6.07) is 14.4. The smallest absolute Gasteiger partial charge is 0.269 e. The van der Waals surface area contributed by atoms with Crippen molar-refractivity contribution in [3.05, 3.63) is 70.8 Å². The molecular formula is C28H19N3O4. The van der Waals surface area contributed by atoms with Gasteiger partial charge in [0.1, 0.15) is 0 Å². The predicted molar refractivity (Wildman–Crippen MR) is 133 cm³/mol. The Hall–Kier alpha value is -4.36. The highest BCUT2D eigenvalue weighted by Crippen LogP contribution is 2.46. The summed E-state index contributed by atoms with van der Waals surface area (Å²) < 4.78 is 0. The lowest BCUT2D eigenvalue weighted by Crippen LogP contribution is -2.51. The van der Waals surface area contributed by atoms with Gasteiger partial charge < -0.3 is 0 Å². The van der Waals surface area contributed by atoms with E-state index in [1.165, 1.54) is 4.90 Å². The number of fused-ring (bicyclic) bond motifs is 2. The van der Waals surface area contributed by atoms with E-state index in [0.29, 0.717) is 38.0 Å². The monoisotopic (exact) mass is 461 g/mol. The fourth-order valence-electron chi connectivity index (χ4n) is 5.90. The molecule has 0 aromatic heterocycles. The van der Waals surface area contributed by atoms with Gasteiger partial charge in [-0.25, -0.2) is 10.9 Å². The molecule has 0 saturated carbocycles. The van der Waals surface area contributed by atoms with Crippen LogP contribution >= 0.6 is 0 Å². The Kier molecular flexibility index (Phi) is 3.44. The van der Waals surface area contributed by atoms with Gasteiger partial charge in [-0.15, -0.1) is 0 Å². The van der Waals surface area contributed by atoms with Crippen molar-refractivity contribution in [3.8, 4) is 0 Å². The Morgan fingerprint density at radius 2 is 0.829 bits per heavy atom. The number of amides is 4. The molecule has 5 aromatic carbocycles. The third kappa shape index (κ3) is 2.19. The van der Waals surface area contributed by atoms with E-state index in [4.69, 9.17) is 5.84 Å². The van der Waals surface area contributed by atoms with E-state index in [-0.39, 0.29) is 11.8 Å². The first-order chi connectivity index (χ1) is 16.6. The number of imide groups is 2. The molecule has 2 aliphatic heterocycles. The number of nitrogens with two attached hydrogens (primary N) is 1. The molecule has 35 heavy (non-hydrogen) atoms. The first-order valence-corrected chi connectivity index (χ1v) is 11.3. The number of carbonyl (C=O) groups is 4. The fourth-order valence-corrected chi connectivity index (χ4v) is 5.90. The van der Waals surface area contributed by atoms with Crippen molar-refractivity contribution in [3.63, 3.8) is 0 Å². The molecule has 0 aliphatic carbocycles. The van der Waals surface area contributed by atoms with E-state index in [9.17, 15) is 19.2 Å². The quantitative estimate of drug-likeness (QED) is 0.119. The lowest BCUT2D eigenvalue weighted by atomic mass is 9.82. The maximum absolute atomic E-state index is 13.5. The van der Waals surface area contributed by atoms with Crippen LogP contribution in [-0.2, 0) is 0 Å². The molecule has 7 rings (SSSR count). The van der Waals surface area contributed by atoms with Gasteiger partial charge in [-0.2, -0.15) is 0 Å².